The first-order chi connectivity index (χ1) is 8.63. The van der Waals surface area contributed by atoms with Crippen molar-refractivity contribution in [1.82, 2.24) is 15.2 Å². The molecule has 8 heteroatoms. The Kier molecular flexibility index (Phi) is 5.05. The van der Waals surface area contributed by atoms with E-state index in [0.29, 0.717) is 6.42 Å². The molecule has 1 amide bonds. The summed E-state index contributed by atoms with van der Waals surface area (Å²) in [6, 6.07) is 4.00. The van der Waals surface area contributed by atoms with E-state index in [1.165, 1.54) is 12.3 Å². The normalized spacial score (nSPS) is 10.2. The molecule has 0 radical (unpaired) electrons. The molecule has 0 aliphatic carbocycles. The van der Waals surface area contributed by atoms with E-state index in [9.17, 15) is 14.4 Å². The van der Waals surface area contributed by atoms with Gasteiger partial charge in [0.15, 0.2) is 0 Å². The fourth-order valence-electron chi connectivity index (χ4n) is 1.11. The molecule has 94 valence electrons. The van der Waals surface area contributed by atoms with Crippen LogP contribution in [0.5, 0.6) is 0 Å². The van der Waals surface area contributed by atoms with Crippen molar-refractivity contribution in [1.29, 1.82) is 5.26 Å². The molecule has 1 rings (SSSR count). The molecule has 0 aromatic carbocycles. The van der Waals surface area contributed by atoms with Gasteiger partial charge in [-0.2, -0.15) is 10.4 Å². The molecule has 8 nitrogen and oxygen atoms in total. The van der Waals surface area contributed by atoms with Gasteiger partial charge in [0, 0.05) is 31.3 Å². The molecule has 0 saturated heterocycles. The molecule has 0 atom stereocenters. The minimum Gasteiger partial charge on any atom is -0.272 e. The van der Waals surface area contributed by atoms with Crippen molar-refractivity contribution in [3.63, 3.8) is 0 Å². The van der Waals surface area contributed by atoms with Crippen LogP contribution >= 0.6 is 0 Å². The largest absolute Gasteiger partial charge is 0.272 e. The molecule has 0 saturated carbocycles. The van der Waals surface area contributed by atoms with Gasteiger partial charge >= 0.3 is 0 Å². The number of carbonyl (C=O) groups is 1. The van der Waals surface area contributed by atoms with Crippen molar-refractivity contribution >= 4 is 12.1 Å². The predicted octanol–water partition coefficient (Wildman–Crippen LogP) is -1.06. The molecular formula is C10H11N5O3. The van der Waals surface area contributed by atoms with E-state index in [0.717, 1.165) is 10.7 Å². The average Bonchev–Trinajstić information content (AvgIpc) is 2.33. The SMILES string of the molecule is N#CCC(=O)N/N=C/CCn1[nH]c(=O)ccc1=O. The number of nitrogens with zero attached hydrogens (tertiary/aromatic N) is 3. The van der Waals surface area contributed by atoms with Crippen molar-refractivity contribution in [2.45, 2.75) is 19.4 Å². The fourth-order valence-corrected chi connectivity index (χ4v) is 1.11. The third-order valence-electron chi connectivity index (χ3n) is 1.89. The molecule has 1 aromatic rings. The third kappa shape index (κ3) is 4.44. The number of carbonyl (C=O) groups excluding carboxylic acids is 1. The van der Waals surface area contributed by atoms with E-state index in [1.807, 2.05) is 0 Å². The van der Waals surface area contributed by atoms with Gasteiger partial charge in [-0.1, -0.05) is 0 Å². The van der Waals surface area contributed by atoms with E-state index < -0.39 is 5.91 Å². The number of hydrazone groups is 1. The minimum atomic E-state index is -0.501. The van der Waals surface area contributed by atoms with E-state index in [2.05, 4.69) is 15.6 Å². The highest BCUT2D eigenvalue weighted by atomic mass is 16.2. The first-order valence-electron chi connectivity index (χ1n) is 5.11. The van der Waals surface area contributed by atoms with Crippen LogP contribution in [0.15, 0.2) is 26.8 Å². The van der Waals surface area contributed by atoms with E-state index in [1.54, 1.807) is 6.07 Å². The highest BCUT2D eigenvalue weighted by Crippen LogP contribution is 1.80. The van der Waals surface area contributed by atoms with E-state index in [-0.39, 0.29) is 24.1 Å². The lowest BCUT2D eigenvalue weighted by molar-refractivity contribution is -0.120. The van der Waals surface area contributed by atoms with Crippen molar-refractivity contribution in [2.75, 3.05) is 0 Å². The number of nitriles is 1. The molecule has 18 heavy (non-hydrogen) atoms. The van der Waals surface area contributed by atoms with Gasteiger partial charge in [0.05, 0.1) is 6.07 Å². The second-order valence-corrected chi connectivity index (χ2v) is 3.27. The summed E-state index contributed by atoms with van der Waals surface area (Å²) in [6.45, 7) is 0.243. The van der Waals surface area contributed by atoms with Crippen LogP contribution in [-0.2, 0) is 11.3 Å². The Balaban J connectivity index is 2.43. The van der Waals surface area contributed by atoms with Crippen LogP contribution in [-0.4, -0.2) is 21.9 Å². The quantitative estimate of drug-likeness (QED) is 0.510. The lowest BCUT2D eigenvalue weighted by Gasteiger charge is -2.01. The van der Waals surface area contributed by atoms with Crippen LogP contribution in [0.2, 0.25) is 0 Å². The number of H-pyrrole nitrogens is 1. The molecule has 0 spiro atoms. The van der Waals surface area contributed by atoms with Crippen molar-refractivity contribution in [3.05, 3.63) is 32.8 Å². The molecule has 0 aliphatic heterocycles. The van der Waals surface area contributed by atoms with Crippen molar-refractivity contribution in [3.8, 4) is 6.07 Å². The number of amides is 1. The number of aryl methyl sites for hydroxylation is 1. The molecular weight excluding hydrogens is 238 g/mol. The summed E-state index contributed by atoms with van der Waals surface area (Å²) in [4.78, 5) is 33.1. The van der Waals surface area contributed by atoms with Crippen LogP contribution in [0.1, 0.15) is 12.8 Å². The molecule has 2 N–H and O–H groups in total. The van der Waals surface area contributed by atoms with Crippen LogP contribution in [0.4, 0.5) is 0 Å². The first kappa shape index (κ1) is 13.4. The summed E-state index contributed by atoms with van der Waals surface area (Å²) in [7, 11) is 0. The summed E-state index contributed by atoms with van der Waals surface area (Å²) in [5.41, 5.74) is 1.46. The number of aromatic nitrogens is 2. The molecule has 0 fully saturated rings. The summed E-state index contributed by atoms with van der Waals surface area (Å²) in [5, 5.41) is 14.1. The second kappa shape index (κ2) is 6.80. The van der Waals surface area contributed by atoms with E-state index in [4.69, 9.17) is 5.26 Å². The lowest BCUT2D eigenvalue weighted by Crippen LogP contribution is -2.28. The monoisotopic (exact) mass is 249 g/mol. The van der Waals surface area contributed by atoms with Gasteiger partial charge in [0.25, 0.3) is 17.0 Å². The number of rotatable bonds is 5. The van der Waals surface area contributed by atoms with Gasteiger partial charge in [-0.25, -0.2) is 10.1 Å². The Labute approximate surface area is 102 Å². The van der Waals surface area contributed by atoms with Gasteiger partial charge < -0.3 is 0 Å². The molecule has 0 unspecified atom stereocenters. The van der Waals surface area contributed by atoms with Crippen molar-refractivity contribution in [2.24, 2.45) is 5.10 Å². The van der Waals surface area contributed by atoms with Gasteiger partial charge in [0.2, 0.25) is 0 Å². The zero-order valence-electron chi connectivity index (χ0n) is 9.42. The standard InChI is InChI=1S/C10H11N5O3/c11-5-4-8(16)13-12-6-1-7-15-10(18)3-2-9(17)14-15/h2-3,6H,1,4,7H2,(H,13,16)(H,14,17)/b12-6+. The Hall–Kier alpha value is -2.69. The Morgan fingerprint density at radius 3 is 3.06 bits per heavy atom. The average molecular weight is 249 g/mol. The summed E-state index contributed by atoms with van der Waals surface area (Å²) >= 11 is 0. The third-order valence-corrected chi connectivity index (χ3v) is 1.89. The predicted molar refractivity (Wildman–Crippen MR) is 62.8 cm³/mol. The lowest BCUT2D eigenvalue weighted by atomic mass is 10.4. The van der Waals surface area contributed by atoms with Crippen LogP contribution < -0.4 is 16.5 Å². The van der Waals surface area contributed by atoms with E-state index >= 15 is 0 Å². The highest BCUT2D eigenvalue weighted by molar-refractivity contribution is 5.78. The number of hydrogen-bond donors (Lipinski definition) is 2. The second-order valence-electron chi connectivity index (χ2n) is 3.27. The Morgan fingerprint density at radius 2 is 2.33 bits per heavy atom. The number of hydrogen-bond acceptors (Lipinski definition) is 5. The smallest absolute Gasteiger partial charge is 0.265 e. The van der Waals surface area contributed by atoms with Crippen molar-refractivity contribution < 1.29 is 4.79 Å². The number of nitrogens with one attached hydrogen (secondary N) is 2. The zero-order valence-corrected chi connectivity index (χ0v) is 9.42. The number of aromatic amines is 1. The van der Waals surface area contributed by atoms with Crippen LogP contribution in [0.3, 0.4) is 0 Å². The van der Waals surface area contributed by atoms with Gasteiger partial charge in [-0.15, -0.1) is 0 Å². The summed E-state index contributed by atoms with van der Waals surface area (Å²) in [6.07, 6.45) is 1.47. The van der Waals surface area contributed by atoms with Gasteiger partial charge in [-0.3, -0.25) is 19.5 Å². The van der Waals surface area contributed by atoms with Gasteiger partial charge in [0.1, 0.15) is 6.42 Å². The topological polar surface area (TPSA) is 120 Å². The fraction of sp³-hybridized carbons (Fsp3) is 0.300. The maximum Gasteiger partial charge on any atom is 0.265 e. The maximum atomic E-state index is 11.3. The zero-order chi connectivity index (χ0) is 13.4. The Bertz CT molecular complexity index is 593. The highest BCUT2D eigenvalue weighted by Gasteiger charge is 1.96. The molecule has 0 bridgehead atoms. The maximum absolute atomic E-state index is 11.3. The van der Waals surface area contributed by atoms with Crippen LogP contribution in [0.25, 0.3) is 0 Å². The van der Waals surface area contributed by atoms with Crippen LogP contribution in [0, 0.1) is 11.3 Å². The molecule has 1 aromatic heterocycles. The minimum absolute atomic E-state index is 0.243. The molecule has 1 heterocycles. The Morgan fingerprint density at radius 1 is 1.56 bits per heavy atom. The summed E-state index contributed by atoms with van der Waals surface area (Å²) in [5.74, 6) is -0.501. The molecule has 0 aliphatic rings. The van der Waals surface area contributed by atoms with Gasteiger partial charge in [-0.05, 0) is 0 Å². The summed E-state index contributed by atoms with van der Waals surface area (Å²) < 4.78 is 1.14. The first-order valence-corrected chi connectivity index (χ1v) is 5.11.